The van der Waals surface area contributed by atoms with Gasteiger partial charge in [-0.3, -0.25) is 0 Å². The number of likely N-dealkylation sites (N-methyl/N-ethyl adjacent to an activating group) is 1. The van der Waals surface area contributed by atoms with E-state index in [-0.39, 0.29) is 0 Å². The largest absolute Gasteiger partial charge is 0.316 e. The summed E-state index contributed by atoms with van der Waals surface area (Å²) in [5.41, 5.74) is 1.42. The van der Waals surface area contributed by atoms with Gasteiger partial charge < -0.3 is 10.2 Å². The second-order valence-corrected chi connectivity index (χ2v) is 3.74. The summed E-state index contributed by atoms with van der Waals surface area (Å²) in [6.07, 6.45) is 2.38. The highest BCUT2D eigenvalue weighted by atomic mass is 15.1. The van der Waals surface area contributed by atoms with E-state index >= 15 is 0 Å². The first kappa shape index (κ1) is 9.75. The first-order valence-corrected chi connectivity index (χ1v) is 4.78. The van der Waals surface area contributed by atoms with E-state index in [0.29, 0.717) is 6.04 Å². The Labute approximate surface area is 75.6 Å². The first-order chi connectivity index (χ1) is 5.72. The summed E-state index contributed by atoms with van der Waals surface area (Å²) in [4.78, 5) is 2.51. The van der Waals surface area contributed by atoms with Gasteiger partial charge in [-0.05, 0) is 26.8 Å². The van der Waals surface area contributed by atoms with Gasteiger partial charge in [-0.15, -0.1) is 0 Å². The van der Waals surface area contributed by atoms with E-state index in [4.69, 9.17) is 0 Å². The summed E-state index contributed by atoms with van der Waals surface area (Å²) in [5.74, 6) is 0. The van der Waals surface area contributed by atoms with Crippen molar-refractivity contribution < 1.29 is 0 Å². The summed E-state index contributed by atoms with van der Waals surface area (Å²) in [5, 5.41) is 3.26. The predicted octanol–water partition coefficient (Wildman–Crippen LogP) is 1.25. The van der Waals surface area contributed by atoms with E-state index in [1.54, 1.807) is 0 Å². The monoisotopic (exact) mass is 168 g/mol. The second kappa shape index (κ2) is 4.63. The highest BCUT2D eigenvalue weighted by Crippen LogP contribution is 2.13. The molecular formula is C10H20N2. The average molecular weight is 168 g/mol. The number of nitrogens with one attached hydrogen (secondary N) is 1. The van der Waals surface area contributed by atoms with E-state index in [1.165, 1.54) is 38.0 Å². The number of piperidine rings is 1. The zero-order valence-corrected chi connectivity index (χ0v) is 8.27. The van der Waals surface area contributed by atoms with Crippen LogP contribution >= 0.6 is 0 Å². The lowest BCUT2D eigenvalue weighted by Crippen LogP contribution is -2.40. The molecule has 0 aromatic rings. The van der Waals surface area contributed by atoms with Crippen molar-refractivity contribution in [2.45, 2.75) is 25.8 Å². The molecule has 1 N–H and O–H groups in total. The second-order valence-electron chi connectivity index (χ2n) is 3.74. The summed E-state index contributed by atoms with van der Waals surface area (Å²) >= 11 is 0. The highest BCUT2D eigenvalue weighted by molar-refractivity contribution is 4.99. The van der Waals surface area contributed by atoms with Crippen molar-refractivity contribution in [1.82, 2.24) is 10.2 Å². The fourth-order valence-corrected chi connectivity index (χ4v) is 1.53. The normalized spacial score (nSPS) is 22.7. The van der Waals surface area contributed by atoms with Gasteiger partial charge in [0.2, 0.25) is 0 Å². The van der Waals surface area contributed by atoms with Crippen LogP contribution in [-0.4, -0.2) is 37.6 Å². The third kappa shape index (κ3) is 2.95. The fraction of sp³-hybridized carbons (Fsp3) is 0.800. The van der Waals surface area contributed by atoms with Crippen LogP contribution < -0.4 is 5.32 Å². The molecule has 0 aromatic carbocycles. The van der Waals surface area contributed by atoms with Crippen LogP contribution in [0.4, 0.5) is 0 Å². The Kier molecular flexibility index (Phi) is 3.76. The summed E-state index contributed by atoms with van der Waals surface area (Å²) in [7, 11) is 2.02. The molecule has 0 bridgehead atoms. The lowest BCUT2D eigenvalue weighted by Gasteiger charge is -2.29. The lowest BCUT2D eigenvalue weighted by atomic mass is 10.1. The van der Waals surface area contributed by atoms with Crippen LogP contribution in [0.25, 0.3) is 0 Å². The zero-order chi connectivity index (χ0) is 8.97. The Bertz CT molecular complexity index is 144. The van der Waals surface area contributed by atoms with Crippen LogP contribution in [0.1, 0.15) is 19.8 Å². The maximum atomic E-state index is 4.01. The Morgan fingerprint density at radius 3 is 2.58 bits per heavy atom. The van der Waals surface area contributed by atoms with Gasteiger partial charge in [0.1, 0.15) is 0 Å². The van der Waals surface area contributed by atoms with Crippen molar-refractivity contribution in [3.63, 3.8) is 0 Å². The smallest absolute Gasteiger partial charge is 0.0163 e. The van der Waals surface area contributed by atoms with Crippen LogP contribution in [0.15, 0.2) is 12.2 Å². The van der Waals surface area contributed by atoms with E-state index in [1.807, 2.05) is 7.05 Å². The number of hydrogen-bond acceptors (Lipinski definition) is 2. The fourth-order valence-electron chi connectivity index (χ4n) is 1.53. The number of nitrogens with zero attached hydrogens (tertiary/aromatic N) is 1. The van der Waals surface area contributed by atoms with Crippen LogP contribution in [0.3, 0.4) is 0 Å². The minimum absolute atomic E-state index is 0.608. The number of likely N-dealkylation sites (tertiary alicyclic amines) is 1. The first-order valence-electron chi connectivity index (χ1n) is 4.78. The molecule has 12 heavy (non-hydrogen) atoms. The molecule has 0 radical (unpaired) electrons. The number of hydrogen-bond donors (Lipinski definition) is 1. The zero-order valence-electron chi connectivity index (χ0n) is 8.27. The van der Waals surface area contributed by atoms with Crippen molar-refractivity contribution in [2.75, 3.05) is 26.7 Å². The molecular weight excluding hydrogens is 148 g/mol. The van der Waals surface area contributed by atoms with Crippen LogP contribution in [-0.2, 0) is 0 Å². The van der Waals surface area contributed by atoms with Gasteiger partial charge in [0.15, 0.2) is 0 Å². The quantitative estimate of drug-likeness (QED) is 0.638. The molecule has 0 unspecified atom stereocenters. The molecule has 0 saturated carbocycles. The van der Waals surface area contributed by atoms with Gasteiger partial charge in [-0.1, -0.05) is 12.2 Å². The van der Waals surface area contributed by atoms with Gasteiger partial charge in [0.25, 0.3) is 0 Å². The molecule has 1 rings (SSSR count). The van der Waals surface area contributed by atoms with E-state index in [0.717, 1.165) is 0 Å². The van der Waals surface area contributed by atoms with Gasteiger partial charge in [-0.2, -0.15) is 0 Å². The van der Waals surface area contributed by atoms with Crippen molar-refractivity contribution >= 4 is 0 Å². The van der Waals surface area contributed by atoms with Crippen LogP contribution in [0.2, 0.25) is 0 Å². The molecule has 0 aromatic heterocycles. The van der Waals surface area contributed by atoms with Gasteiger partial charge in [-0.25, -0.2) is 0 Å². The van der Waals surface area contributed by atoms with Gasteiger partial charge in [0, 0.05) is 25.7 Å². The molecule has 2 heteroatoms. The minimum Gasteiger partial charge on any atom is -0.316 e. The third-order valence-electron chi connectivity index (χ3n) is 2.59. The molecule has 1 saturated heterocycles. The van der Waals surface area contributed by atoms with Crippen molar-refractivity contribution in [2.24, 2.45) is 0 Å². The van der Waals surface area contributed by atoms with Gasteiger partial charge in [0.05, 0.1) is 0 Å². The molecule has 70 valence electrons. The van der Waals surface area contributed by atoms with E-state index < -0.39 is 0 Å². The predicted molar refractivity (Wildman–Crippen MR) is 53.3 cm³/mol. The molecule has 1 aliphatic rings. The van der Waals surface area contributed by atoms with Crippen LogP contribution in [0, 0.1) is 0 Å². The SMILES string of the molecule is C=C1CCN(C[C@H](C)NC)CC1. The maximum absolute atomic E-state index is 4.01. The molecule has 0 amide bonds. The summed E-state index contributed by atoms with van der Waals surface area (Å²) in [6.45, 7) is 9.80. The highest BCUT2D eigenvalue weighted by Gasteiger charge is 2.13. The standard InChI is InChI=1S/C10H20N2/c1-9-4-6-12(7-5-9)8-10(2)11-3/h10-11H,1,4-8H2,2-3H3/t10-/m0/s1. The van der Waals surface area contributed by atoms with Crippen molar-refractivity contribution in [3.05, 3.63) is 12.2 Å². The molecule has 1 heterocycles. The van der Waals surface area contributed by atoms with Crippen molar-refractivity contribution in [1.29, 1.82) is 0 Å². The van der Waals surface area contributed by atoms with Crippen molar-refractivity contribution in [3.8, 4) is 0 Å². The van der Waals surface area contributed by atoms with E-state index in [9.17, 15) is 0 Å². The van der Waals surface area contributed by atoms with Crippen LogP contribution in [0.5, 0.6) is 0 Å². The van der Waals surface area contributed by atoms with Gasteiger partial charge >= 0.3 is 0 Å². The Morgan fingerprint density at radius 2 is 2.08 bits per heavy atom. The Balaban J connectivity index is 2.21. The molecule has 2 nitrogen and oxygen atoms in total. The molecule has 0 aliphatic carbocycles. The summed E-state index contributed by atoms with van der Waals surface area (Å²) < 4.78 is 0. The number of rotatable bonds is 3. The average Bonchev–Trinajstić information content (AvgIpc) is 2.09. The molecule has 1 aliphatic heterocycles. The van der Waals surface area contributed by atoms with E-state index in [2.05, 4.69) is 23.7 Å². The third-order valence-corrected chi connectivity index (χ3v) is 2.59. The molecule has 1 atom stereocenters. The Hall–Kier alpha value is -0.340. The molecule has 1 fully saturated rings. The minimum atomic E-state index is 0.608. The molecule has 0 spiro atoms. The summed E-state index contributed by atoms with van der Waals surface area (Å²) in [6, 6.07) is 0.608. The Morgan fingerprint density at radius 1 is 1.50 bits per heavy atom. The topological polar surface area (TPSA) is 15.3 Å². The lowest BCUT2D eigenvalue weighted by molar-refractivity contribution is 0.236. The maximum Gasteiger partial charge on any atom is 0.0163 e.